The van der Waals surface area contributed by atoms with Crippen molar-refractivity contribution in [3.05, 3.63) is 29.8 Å². The molecule has 0 spiro atoms. The van der Waals surface area contributed by atoms with Crippen LogP contribution < -0.4 is 5.32 Å². The van der Waals surface area contributed by atoms with E-state index in [2.05, 4.69) is 5.32 Å². The van der Waals surface area contributed by atoms with Crippen LogP contribution in [-0.4, -0.2) is 33.4 Å². The first-order valence-electron chi connectivity index (χ1n) is 7.15. The predicted molar refractivity (Wildman–Crippen MR) is 80.8 cm³/mol. The molecule has 0 aliphatic carbocycles. The molecule has 1 aromatic rings. The smallest absolute Gasteiger partial charge is 0.324 e. The highest BCUT2D eigenvalue weighted by atomic mass is 32.2. The Morgan fingerprint density at radius 1 is 1.43 bits per heavy atom. The molecular formula is C15H15F3N2O2S. The predicted octanol–water partition coefficient (Wildman–Crippen LogP) is 3.10. The van der Waals surface area contributed by atoms with Crippen LogP contribution in [0.5, 0.6) is 0 Å². The molecule has 2 saturated heterocycles. The summed E-state index contributed by atoms with van der Waals surface area (Å²) in [6.45, 7) is 1.92. The highest BCUT2D eigenvalue weighted by Crippen LogP contribution is 2.47. The molecule has 1 N–H and O–H groups in total. The second kappa shape index (κ2) is 5.43. The van der Waals surface area contributed by atoms with E-state index < -0.39 is 23.7 Å². The summed E-state index contributed by atoms with van der Waals surface area (Å²) in [5.74, 6) is -0.0787. The van der Waals surface area contributed by atoms with Gasteiger partial charge in [0, 0.05) is 17.9 Å². The second-order valence-electron chi connectivity index (χ2n) is 5.83. The average Bonchev–Trinajstić information content (AvgIpc) is 2.95. The summed E-state index contributed by atoms with van der Waals surface area (Å²) in [6, 6.07) is 3.84. The van der Waals surface area contributed by atoms with Gasteiger partial charge in [0.1, 0.15) is 6.04 Å². The summed E-state index contributed by atoms with van der Waals surface area (Å²) in [5, 5.41) is 2.50. The standard InChI is InChI=1S/C15H15F3N2O2S/c1-14-6-5-12(21)20(14)11(8-23-14)13(22)19-10-4-2-3-9(7-10)15(16,17)18/h2-4,7,11H,5-6,8H2,1H3,(H,19,22). The number of nitrogens with one attached hydrogen (secondary N) is 1. The highest BCUT2D eigenvalue weighted by molar-refractivity contribution is 8.01. The normalized spacial score (nSPS) is 27.2. The van der Waals surface area contributed by atoms with Gasteiger partial charge < -0.3 is 10.2 Å². The van der Waals surface area contributed by atoms with Crippen molar-refractivity contribution < 1.29 is 22.8 Å². The third-order valence-corrected chi connectivity index (χ3v) is 5.71. The van der Waals surface area contributed by atoms with E-state index in [9.17, 15) is 22.8 Å². The Kier molecular flexibility index (Phi) is 3.82. The number of fused-ring (bicyclic) bond motifs is 1. The van der Waals surface area contributed by atoms with Gasteiger partial charge in [-0.2, -0.15) is 13.2 Å². The van der Waals surface area contributed by atoms with Gasteiger partial charge in [-0.25, -0.2) is 0 Å². The van der Waals surface area contributed by atoms with E-state index in [1.165, 1.54) is 23.9 Å². The Bertz CT molecular complexity index is 664. The number of thioether (sulfide) groups is 1. The van der Waals surface area contributed by atoms with E-state index in [-0.39, 0.29) is 16.5 Å². The average molecular weight is 344 g/mol. The van der Waals surface area contributed by atoms with Crippen molar-refractivity contribution in [2.75, 3.05) is 11.1 Å². The van der Waals surface area contributed by atoms with Crippen LogP contribution in [0, 0.1) is 0 Å². The summed E-state index contributed by atoms with van der Waals surface area (Å²) < 4.78 is 38.1. The molecule has 2 fully saturated rings. The topological polar surface area (TPSA) is 49.4 Å². The molecular weight excluding hydrogens is 329 g/mol. The largest absolute Gasteiger partial charge is 0.416 e. The van der Waals surface area contributed by atoms with E-state index in [4.69, 9.17) is 0 Å². The Morgan fingerprint density at radius 3 is 2.87 bits per heavy atom. The maximum atomic E-state index is 12.7. The maximum absolute atomic E-state index is 12.7. The number of amides is 2. The third kappa shape index (κ3) is 2.91. The molecule has 124 valence electrons. The van der Waals surface area contributed by atoms with E-state index in [0.717, 1.165) is 12.1 Å². The molecule has 4 nitrogen and oxygen atoms in total. The summed E-state index contributed by atoms with van der Waals surface area (Å²) in [5.41, 5.74) is -0.742. The lowest BCUT2D eigenvalue weighted by molar-refractivity contribution is -0.137. The molecule has 2 amide bonds. The van der Waals surface area contributed by atoms with Crippen LogP contribution in [-0.2, 0) is 15.8 Å². The van der Waals surface area contributed by atoms with Gasteiger partial charge in [0.2, 0.25) is 11.8 Å². The van der Waals surface area contributed by atoms with Crippen molar-refractivity contribution in [2.24, 2.45) is 0 Å². The van der Waals surface area contributed by atoms with E-state index >= 15 is 0 Å². The number of halogens is 3. The zero-order chi connectivity index (χ0) is 16.8. The van der Waals surface area contributed by atoms with Crippen molar-refractivity contribution in [3.63, 3.8) is 0 Å². The number of benzene rings is 1. The number of carbonyl (C=O) groups is 2. The first-order chi connectivity index (χ1) is 10.7. The summed E-state index contributed by atoms with van der Waals surface area (Å²) in [6.07, 6.45) is -3.38. The molecule has 0 radical (unpaired) electrons. The maximum Gasteiger partial charge on any atom is 0.416 e. The molecule has 1 aromatic carbocycles. The van der Waals surface area contributed by atoms with Crippen LogP contribution >= 0.6 is 11.8 Å². The number of anilines is 1. The van der Waals surface area contributed by atoms with Gasteiger partial charge in [0.15, 0.2) is 0 Å². The Morgan fingerprint density at radius 2 is 2.17 bits per heavy atom. The molecule has 2 aliphatic rings. The fraction of sp³-hybridized carbons (Fsp3) is 0.467. The molecule has 2 heterocycles. The molecule has 3 rings (SSSR count). The number of nitrogens with zero attached hydrogens (tertiary/aromatic N) is 1. The Labute approximate surface area is 135 Å². The molecule has 2 unspecified atom stereocenters. The number of hydrogen-bond donors (Lipinski definition) is 1. The van der Waals surface area contributed by atoms with Crippen molar-refractivity contribution in [1.29, 1.82) is 0 Å². The summed E-state index contributed by atoms with van der Waals surface area (Å²) >= 11 is 1.54. The SMILES string of the molecule is CC12CCC(=O)N1C(C(=O)Nc1cccc(C(F)(F)F)c1)CS2. The van der Waals surface area contributed by atoms with Crippen LogP contribution in [0.15, 0.2) is 24.3 Å². The summed E-state index contributed by atoms with van der Waals surface area (Å²) in [7, 11) is 0. The number of rotatable bonds is 2. The second-order valence-corrected chi connectivity index (χ2v) is 7.33. The fourth-order valence-corrected chi connectivity index (χ4v) is 4.45. The number of carbonyl (C=O) groups excluding carboxylic acids is 2. The lowest BCUT2D eigenvalue weighted by Crippen LogP contribution is -2.48. The lowest BCUT2D eigenvalue weighted by Gasteiger charge is -2.29. The number of alkyl halides is 3. The van der Waals surface area contributed by atoms with Gasteiger partial charge in [-0.3, -0.25) is 9.59 Å². The molecule has 8 heteroatoms. The summed E-state index contributed by atoms with van der Waals surface area (Å²) in [4.78, 5) is 25.6. The van der Waals surface area contributed by atoms with Gasteiger partial charge >= 0.3 is 6.18 Å². The third-order valence-electron chi connectivity index (χ3n) is 4.20. The van der Waals surface area contributed by atoms with Gasteiger partial charge in [-0.1, -0.05) is 6.07 Å². The van der Waals surface area contributed by atoms with E-state index in [0.29, 0.717) is 18.6 Å². The van der Waals surface area contributed by atoms with Crippen LogP contribution in [0.25, 0.3) is 0 Å². The first kappa shape index (κ1) is 16.2. The van der Waals surface area contributed by atoms with Gasteiger partial charge in [0.25, 0.3) is 0 Å². The zero-order valence-electron chi connectivity index (χ0n) is 12.3. The minimum Gasteiger partial charge on any atom is -0.324 e. The van der Waals surface area contributed by atoms with E-state index in [1.807, 2.05) is 6.92 Å². The van der Waals surface area contributed by atoms with Crippen molar-refractivity contribution in [3.8, 4) is 0 Å². The molecule has 2 aliphatic heterocycles. The van der Waals surface area contributed by atoms with Crippen LogP contribution in [0.3, 0.4) is 0 Å². The minimum atomic E-state index is -4.46. The molecule has 0 aromatic heterocycles. The van der Waals surface area contributed by atoms with Crippen molar-refractivity contribution >= 4 is 29.3 Å². The monoisotopic (exact) mass is 344 g/mol. The number of hydrogen-bond acceptors (Lipinski definition) is 3. The Balaban J connectivity index is 1.77. The molecule has 2 atom stereocenters. The highest BCUT2D eigenvalue weighted by Gasteiger charge is 2.52. The molecule has 0 bridgehead atoms. The van der Waals surface area contributed by atoms with Crippen molar-refractivity contribution in [2.45, 2.75) is 36.9 Å². The van der Waals surface area contributed by atoms with Crippen molar-refractivity contribution in [1.82, 2.24) is 4.90 Å². The quantitative estimate of drug-likeness (QED) is 0.897. The van der Waals surface area contributed by atoms with E-state index in [1.54, 1.807) is 4.90 Å². The zero-order valence-corrected chi connectivity index (χ0v) is 13.1. The van der Waals surface area contributed by atoms with Crippen LogP contribution in [0.4, 0.5) is 18.9 Å². The molecule has 0 saturated carbocycles. The van der Waals surface area contributed by atoms with Gasteiger partial charge in [-0.15, -0.1) is 11.8 Å². The molecule has 23 heavy (non-hydrogen) atoms. The van der Waals surface area contributed by atoms with Gasteiger partial charge in [-0.05, 0) is 31.5 Å². The first-order valence-corrected chi connectivity index (χ1v) is 8.13. The van der Waals surface area contributed by atoms with Crippen LogP contribution in [0.2, 0.25) is 0 Å². The Hall–Kier alpha value is -1.70. The minimum absolute atomic E-state index is 0.0788. The van der Waals surface area contributed by atoms with Gasteiger partial charge in [0.05, 0.1) is 10.4 Å². The lowest BCUT2D eigenvalue weighted by atomic mass is 10.1. The fourth-order valence-electron chi connectivity index (χ4n) is 3.01. The van der Waals surface area contributed by atoms with Crippen LogP contribution in [0.1, 0.15) is 25.3 Å².